The molecule has 1 N–H and O–H groups in total. The first kappa shape index (κ1) is 16.4. The van der Waals surface area contributed by atoms with Crippen molar-refractivity contribution >= 4 is 5.97 Å². The highest BCUT2D eigenvalue weighted by Gasteiger charge is 2.19. The lowest BCUT2D eigenvalue weighted by Gasteiger charge is -2.26. The van der Waals surface area contributed by atoms with Crippen molar-refractivity contribution in [2.24, 2.45) is 11.8 Å². The van der Waals surface area contributed by atoms with E-state index in [4.69, 9.17) is 4.74 Å². The second-order valence-corrected chi connectivity index (χ2v) is 6.25. The second kappa shape index (κ2) is 7.70. The summed E-state index contributed by atoms with van der Waals surface area (Å²) in [6.07, 6.45) is 1.64. The quantitative estimate of drug-likeness (QED) is 0.666. The van der Waals surface area contributed by atoms with E-state index in [1.165, 1.54) is 0 Å². The molecule has 0 atom stereocenters. The molecule has 0 unspecified atom stereocenters. The molecule has 0 aromatic carbocycles. The molecule has 3 heteroatoms. The van der Waals surface area contributed by atoms with Gasteiger partial charge in [0.2, 0.25) is 0 Å². The molecule has 0 bridgehead atoms. The lowest BCUT2D eigenvalue weighted by Crippen LogP contribution is -2.44. The molecular weight excluding hydrogens is 214 g/mol. The fourth-order valence-corrected chi connectivity index (χ4v) is 1.40. The van der Waals surface area contributed by atoms with Crippen LogP contribution in [0.25, 0.3) is 0 Å². The van der Waals surface area contributed by atoms with Gasteiger partial charge in [-0.3, -0.25) is 4.79 Å². The number of nitrogens with one attached hydrogen (secondary N) is 1. The van der Waals surface area contributed by atoms with Gasteiger partial charge in [-0.05, 0) is 38.6 Å². The lowest BCUT2D eigenvalue weighted by molar-refractivity contribution is -0.146. The molecular formula is C14H29NO2. The Hall–Kier alpha value is -0.570. The first-order chi connectivity index (χ1) is 7.73. The van der Waals surface area contributed by atoms with Crippen molar-refractivity contribution in [2.45, 2.75) is 59.9 Å². The van der Waals surface area contributed by atoms with E-state index in [2.05, 4.69) is 33.0 Å². The molecule has 0 fully saturated rings. The predicted molar refractivity (Wildman–Crippen MR) is 72.0 cm³/mol. The summed E-state index contributed by atoms with van der Waals surface area (Å²) in [5.41, 5.74) is -0.137. The monoisotopic (exact) mass is 243 g/mol. The Labute approximate surface area is 106 Å². The zero-order chi connectivity index (χ0) is 13.5. The third kappa shape index (κ3) is 10.3. The van der Waals surface area contributed by atoms with Gasteiger partial charge < -0.3 is 10.1 Å². The highest BCUT2D eigenvalue weighted by atomic mass is 16.5. The summed E-state index contributed by atoms with van der Waals surface area (Å²) in [6.45, 7) is 14.0. The van der Waals surface area contributed by atoms with E-state index in [-0.39, 0.29) is 11.5 Å². The standard InChI is InChI=1S/C14H29NO2/c1-11(2)7-8-15-14(5,6)10-17-13(16)9-12(3)4/h11-12,15H,7-10H2,1-6H3. The molecule has 0 heterocycles. The third-order valence-corrected chi connectivity index (χ3v) is 2.49. The number of hydrogen-bond acceptors (Lipinski definition) is 3. The van der Waals surface area contributed by atoms with Gasteiger partial charge in [-0.25, -0.2) is 0 Å². The maximum atomic E-state index is 11.4. The van der Waals surface area contributed by atoms with E-state index in [1.807, 2.05) is 13.8 Å². The Bertz CT molecular complexity index is 222. The molecule has 0 aliphatic heterocycles. The zero-order valence-electron chi connectivity index (χ0n) is 12.3. The van der Waals surface area contributed by atoms with E-state index >= 15 is 0 Å². The molecule has 0 aliphatic rings. The van der Waals surface area contributed by atoms with E-state index in [0.717, 1.165) is 13.0 Å². The van der Waals surface area contributed by atoms with Gasteiger partial charge in [0.25, 0.3) is 0 Å². The van der Waals surface area contributed by atoms with Gasteiger partial charge in [-0.1, -0.05) is 27.7 Å². The van der Waals surface area contributed by atoms with Crippen molar-refractivity contribution in [3.8, 4) is 0 Å². The van der Waals surface area contributed by atoms with Crippen LogP contribution in [-0.4, -0.2) is 24.7 Å². The van der Waals surface area contributed by atoms with Gasteiger partial charge in [0.05, 0.1) is 0 Å². The van der Waals surface area contributed by atoms with E-state index < -0.39 is 0 Å². The highest BCUT2D eigenvalue weighted by molar-refractivity contribution is 5.69. The number of rotatable bonds is 8. The molecule has 0 aromatic heterocycles. The van der Waals surface area contributed by atoms with Gasteiger partial charge in [0.15, 0.2) is 0 Å². The molecule has 3 nitrogen and oxygen atoms in total. The van der Waals surface area contributed by atoms with Crippen molar-refractivity contribution in [2.75, 3.05) is 13.2 Å². The van der Waals surface area contributed by atoms with Crippen LogP contribution < -0.4 is 5.32 Å². The van der Waals surface area contributed by atoms with E-state index in [9.17, 15) is 4.79 Å². The Balaban J connectivity index is 3.80. The zero-order valence-corrected chi connectivity index (χ0v) is 12.3. The van der Waals surface area contributed by atoms with Gasteiger partial charge in [-0.15, -0.1) is 0 Å². The summed E-state index contributed by atoms with van der Waals surface area (Å²) in [6, 6.07) is 0. The first-order valence-corrected chi connectivity index (χ1v) is 6.63. The molecule has 0 aromatic rings. The van der Waals surface area contributed by atoms with Crippen LogP contribution >= 0.6 is 0 Å². The number of ether oxygens (including phenoxy) is 1. The summed E-state index contributed by atoms with van der Waals surface area (Å²) < 4.78 is 5.27. The second-order valence-electron chi connectivity index (χ2n) is 6.25. The van der Waals surface area contributed by atoms with Crippen LogP contribution in [0, 0.1) is 11.8 Å². The number of esters is 1. The van der Waals surface area contributed by atoms with Crippen LogP contribution in [0.4, 0.5) is 0 Å². The summed E-state index contributed by atoms with van der Waals surface area (Å²) in [4.78, 5) is 11.4. The Morgan fingerprint density at radius 1 is 1.18 bits per heavy atom. The minimum atomic E-state index is -0.137. The van der Waals surface area contributed by atoms with Crippen molar-refractivity contribution in [3.05, 3.63) is 0 Å². The fraction of sp³-hybridized carbons (Fsp3) is 0.929. The molecule has 102 valence electrons. The van der Waals surface area contributed by atoms with Crippen LogP contribution in [0.3, 0.4) is 0 Å². The third-order valence-electron chi connectivity index (χ3n) is 2.49. The molecule has 0 radical (unpaired) electrons. The minimum Gasteiger partial charge on any atom is -0.464 e. The first-order valence-electron chi connectivity index (χ1n) is 6.63. The predicted octanol–water partition coefficient (Wildman–Crippen LogP) is 2.99. The van der Waals surface area contributed by atoms with Gasteiger partial charge in [0, 0.05) is 12.0 Å². The van der Waals surface area contributed by atoms with E-state index in [1.54, 1.807) is 0 Å². The van der Waals surface area contributed by atoms with Crippen molar-refractivity contribution < 1.29 is 9.53 Å². The number of carbonyl (C=O) groups is 1. The van der Waals surface area contributed by atoms with Crippen LogP contribution in [-0.2, 0) is 9.53 Å². The minimum absolute atomic E-state index is 0.0984. The summed E-state index contributed by atoms with van der Waals surface area (Å²) in [5, 5.41) is 3.42. The van der Waals surface area contributed by atoms with E-state index in [0.29, 0.717) is 24.9 Å². The largest absolute Gasteiger partial charge is 0.464 e. The van der Waals surface area contributed by atoms with Crippen molar-refractivity contribution in [1.29, 1.82) is 0 Å². The van der Waals surface area contributed by atoms with Crippen molar-refractivity contribution in [1.82, 2.24) is 5.32 Å². The van der Waals surface area contributed by atoms with Gasteiger partial charge in [0.1, 0.15) is 6.61 Å². The summed E-state index contributed by atoms with van der Waals surface area (Å²) in [7, 11) is 0. The average Bonchev–Trinajstić information content (AvgIpc) is 2.13. The van der Waals surface area contributed by atoms with Gasteiger partial charge in [-0.2, -0.15) is 0 Å². The Morgan fingerprint density at radius 2 is 1.76 bits per heavy atom. The summed E-state index contributed by atoms with van der Waals surface area (Å²) >= 11 is 0. The number of hydrogen-bond donors (Lipinski definition) is 1. The lowest BCUT2D eigenvalue weighted by atomic mass is 10.1. The van der Waals surface area contributed by atoms with Crippen LogP contribution in [0.1, 0.15) is 54.4 Å². The smallest absolute Gasteiger partial charge is 0.306 e. The molecule has 0 spiro atoms. The molecule has 0 saturated heterocycles. The SMILES string of the molecule is CC(C)CCNC(C)(C)COC(=O)CC(C)C. The van der Waals surface area contributed by atoms with Gasteiger partial charge >= 0.3 is 5.97 Å². The fourth-order valence-electron chi connectivity index (χ4n) is 1.40. The normalized spacial score (nSPS) is 12.2. The van der Waals surface area contributed by atoms with Crippen LogP contribution in [0.2, 0.25) is 0 Å². The topological polar surface area (TPSA) is 38.3 Å². The average molecular weight is 243 g/mol. The number of carbonyl (C=O) groups excluding carboxylic acids is 1. The Morgan fingerprint density at radius 3 is 2.24 bits per heavy atom. The Kier molecular flexibility index (Phi) is 7.44. The highest BCUT2D eigenvalue weighted by Crippen LogP contribution is 2.07. The van der Waals surface area contributed by atoms with Crippen LogP contribution in [0.15, 0.2) is 0 Å². The summed E-state index contributed by atoms with van der Waals surface area (Å²) in [5.74, 6) is 0.958. The molecule has 0 amide bonds. The molecule has 17 heavy (non-hydrogen) atoms. The maximum absolute atomic E-state index is 11.4. The van der Waals surface area contributed by atoms with Crippen molar-refractivity contribution in [3.63, 3.8) is 0 Å². The molecule has 0 aliphatic carbocycles. The molecule has 0 saturated carbocycles. The molecule has 0 rings (SSSR count). The van der Waals surface area contributed by atoms with Crippen LogP contribution in [0.5, 0.6) is 0 Å². The maximum Gasteiger partial charge on any atom is 0.306 e.